The summed E-state index contributed by atoms with van der Waals surface area (Å²) in [5.74, 6) is 0.329. The Bertz CT molecular complexity index is 516. The normalized spacial score (nSPS) is 18.8. The van der Waals surface area contributed by atoms with E-state index in [4.69, 9.17) is 0 Å². The fourth-order valence-electron chi connectivity index (χ4n) is 3.70. The van der Waals surface area contributed by atoms with Crippen molar-refractivity contribution in [1.29, 1.82) is 0 Å². The van der Waals surface area contributed by atoms with Gasteiger partial charge in [-0.15, -0.1) is 24.8 Å². The van der Waals surface area contributed by atoms with Crippen molar-refractivity contribution in [3.05, 3.63) is 30.3 Å². The number of piperazine rings is 1. The molecule has 1 N–H and O–H groups in total. The topological polar surface area (TPSA) is 38.8 Å². The van der Waals surface area contributed by atoms with E-state index in [9.17, 15) is 4.79 Å². The Hall–Kier alpha value is -1.01. The predicted molar refractivity (Wildman–Crippen MR) is 113 cm³/mol. The number of rotatable bonds is 5. The van der Waals surface area contributed by atoms with E-state index in [-0.39, 0.29) is 24.8 Å². The molecule has 0 aliphatic carbocycles. The summed E-state index contributed by atoms with van der Waals surface area (Å²) in [6.07, 6.45) is 2.82. The SMILES string of the molecule is CNC1CCN(C(=O)CCN2CCN(c3ccccc3)CC2)CC1.Cl.Cl. The van der Waals surface area contributed by atoms with Gasteiger partial charge < -0.3 is 15.1 Å². The van der Waals surface area contributed by atoms with Crippen LogP contribution in [0.1, 0.15) is 19.3 Å². The van der Waals surface area contributed by atoms with Gasteiger partial charge in [0.05, 0.1) is 0 Å². The number of likely N-dealkylation sites (tertiary alicyclic amines) is 1. The van der Waals surface area contributed by atoms with Crippen molar-refractivity contribution in [2.24, 2.45) is 0 Å². The molecule has 2 aliphatic heterocycles. The third-order valence-corrected chi connectivity index (χ3v) is 5.39. The highest BCUT2D eigenvalue weighted by Crippen LogP contribution is 2.16. The summed E-state index contributed by atoms with van der Waals surface area (Å²) >= 11 is 0. The molecule has 2 aliphatic rings. The zero-order valence-corrected chi connectivity index (χ0v) is 17.2. The van der Waals surface area contributed by atoms with Gasteiger partial charge in [0, 0.05) is 64.0 Å². The summed E-state index contributed by atoms with van der Waals surface area (Å²) in [6.45, 7) is 6.90. The number of benzene rings is 1. The van der Waals surface area contributed by atoms with Crippen LogP contribution in [-0.4, -0.2) is 74.6 Å². The number of carbonyl (C=O) groups excluding carboxylic acids is 1. The van der Waals surface area contributed by atoms with Gasteiger partial charge in [0.25, 0.3) is 0 Å². The molecule has 0 saturated carbocycles. The molecule has 0 aromatic heterocycles. The summed E-state index contributed by atoms with van der Waals surface area (Å²) in [4.78, 5) is 19.3. The first-order chi connectivity index (χ1) is 11.8. The molecule has 2 fully saturated rings. The molecule has 2 saturated heterocycles. The van der Waals surface area contributed by atoms with Gasteiger partial charge in [-0.1, -0.05) is 18.2 Å². The van der Waals surface area contributed by atoms with E-state index >= 15 is 0 Å². The van der Waals surface area contributed by atoms with Crippen LogP contribution in [0.5, 0.6) is 0 Å². The Kier molecular flexibility index (Phi) is 10.3. The zero-order chi connectivity index (χ0) is 16.8. The Morgan fingerprint density at radius 2 is 1.62 bits per heavy atom. The van der Waals surface area contributed by atoms with Crippen LogP contribution in [0.4, 0.5) is 5.69 Å². The molecule has 1 aromatic rings. The van der Waals surface area contributed by atoms with Crippen LogP contribution in [-0.2, 0) is 4.79 Å². The molecule has 26 heavy (non-hydrogen) atoms. The summed E-state index contributed by atoms with van der Waals surface area (Å²) in [7, 11) is 2.01. The van der Waals surface area contributed by atoms with Gasteiger partial charge in [-0.3, -0.25) is 9.69 Å². The molecular formula is C19H32Cl2N4O. The minimum absolute atomic E-state index is 0. The molecule has 5 nitrogen and oxygen atoms in total. The largest absolute Gasteiger partial charge is 0.369 e. The number of hydrogen-bond donors (Lipinski definition) is 1. The van der Waals surface area contributed by atoms with Gasteiger partial charge in [0.1, 0.15) is 0 Å². The Balaban J connectivity index is 0.00000169. The maximum Gasteiger partial charge on any atom is 0.223 e. The van der Waals surface area contributed by atoms with E-state index in [1.54, 1.807) is 0 Å². The van der Waals surface area contributed by atoms with Crippen LogP contribution in [0.2, 0.25) is 0 Å². The van der Waals surface area contributed by atoms with Crippen molar-refractivity contribution in [2.45, 2.75) is 25.3 Å². The number of anilines is 1. The molecule has 0 unspecified atom stereocenters. The monoisotopic (exact) mass is 402 g/mol. The van der Waals surface area contributed by atoms with Crippen molar-refractivity contribution in [1.82, 2.24) is 15.1 Å². The Labute approximate surface area is 169 Å². The number of carbonyl (C=O) groups is 1. The standard InChI is InChI=1S/C19H30N4O.2ClH/c1-20-17-7-11-23(12-8-17)19(24)9-10-21-13-15-22(16-14-21)18-5-3-2-4-6-18;;/h2-6,17,20H,7-16H2,1H3;2*1H. The summed E-state index contributed by atoms with van der Waals surface area (Å²) in [6, 6.07) is 11.2. The number of nitrogens with zero attached hydrogens (tertiary/aromatic N) is 3. The molecule has 3 rings (SSSR count). The molecule has 0 spiro atoms. The van der Waals surface area contributed by atoms with Crippen LogP contribution in [0.3, 0.4) is 0 Å². The number of hydrogen-bond acceptors (Lipinski definition) is 4. The molecular weight excluding hydrogens is 371 g/mol. The van der Waals surface area contributed by atoms with Crippen LogP contribution in [0.15, 0.2) is 30.3 Å². The highest BCUT2D eigenvalue weighted by atomic mass is 35.5. The average Bonchev–Trinajstić information content (AvgIpc) is 2.67. The number of nitrogens with one attached hydrogen (secondary N) is 1. The van der Waals surface area contributed by atoms with Gasteiger partial charge in [-0.25, -0.2) is 0 Å². The van der Waals surface area contributed by atoms with Gasteiger partial charge in [-0.2, -0.15) is 0 Å². The van der Waals surface area contributed by atoms with E-state index in [1.165, 1.54) is 5.69 Å². The minimum atomic E-state index is 0. The van der Waals surface area contributed by atoms with Gasteiger partial charge in [0.15, 0.2) is 0 Å². The van der Waals surface area contributed by atoms with Crippen molar-refractivity contribution >= 4 is 36.4 Å². The van der Waals surface area contributed by atoms with E-state index < -0.39 is 0 Å². The van der Waals surface area contributed by atoms with Crippen molar-refractivity contribution in [3.8, 4) is 0 Å². The smallest absolute Gasteiger partial charge is 0.223 e. The number of amides is 1. The average molecular weight is 403 g/mol. The van der Waals surface area contributed by atoms with Crippen LogP contribution in [0, 0.1) is 0 Å². The van der Waals surface area contributed by atoms with Crippen molar-refractivity contribution in [2.75, 3.05) is 57.8 Å². The van der Waals surface area contributed by atoms with Gasteiger partial charge >= 0.3 is 0 Å². The lowest BCUT2D eigenvalue weighted by Gasteiger charge is -2.36. The minimum Gasteiger partial charge on any atom is -0.369 e. The molecule has 0 atom stereocenters. The number of halogens is 2. The van der Waals surface area contributed by atoms with Crippen LogP contribution in [0.25, 0.3) is 0 Å². The van der Waals surface area contributed by atoms with E-state index in [0.717, 1.165) is 58.7 Å². The maximum absolute atomic E-state index is 12.4. The van der Waals surface area contributed by atoms with Crippen molar-refractivity contribution in [3.63, 3.8) is 0 Å². The molecule has 1 amide bonds. The van der Waals surface area contributed by atoms with E-state index in [2.05, 4.69) is 45.4 Å². The lowest BCUT2D eigenvalue weighted by atomic mass is 10.1. The number of para-hydroxylation sites is 1. The molecule has 2 heterocycles. The Morgan fingerprint density at radius 3 is 2.19 bits per heavy atom. The maximum atomic E-state index is 12.4. The molecule has 7 heteroatoms. The highest BCUT2D eigenvalue weighted by molar-refractivity contribution is 5.85. The molecule has 0 bridgehead atoms. The summed E-state index contributed by atoms with van der Waals surface area (Å²) < 4.78 is 0. The third-order valence-electron chi connectivity index (χ3n) is 5.39. The molecule has 148 valence electrons. The quantitative estimate of drug-likeness (QED) is 0.819. The van der Waals surface area contributed by atoms with Crippen LogP contribution >= 0.6 is 24.8 Å². The second kappa shape index (κ2) is 11.7. The van der Waals surface area contributed by atoms with Crippen molar-refractivity contribution < 1.29 is 4.79 Å². The third kappa shape index (κ3) is 6.31. The lowest BCUT2D eigenvalue weighted by Crippen LogP contribution is -2.48. The fourth-order valence-corrected chi connectivity index (χ4v) is 3.70. The first-order valence-corrected chi connectivity index (χ1v) is 9.23. The van der Waals surface area contributed by atoms with E-state index in [1.807, 2.05) is 11.9 Å². The number of piperidine rings is 1. The zero-order valence-electron chi connectivity index (χ0n) is 15.6. The van der Waals surface area contributed by atoms with Gasteiger partial charge in [0.2, 0.25) is 5.91 Å². The first-order valence-electron chi connectivity index (χ1n) is 9.23. The van der Waals surface area contributed by atoms with Gasteiger partial charge in [-0.05, 0) is 32.0 Å². The molecule has 0 radical (unpaired) electrons. The van der Waals surface area contributed by atoms with Crippen LogP contribution < -0.4 is 10.2 Å². The molecule has 1 aromatic carbocycles. The second-order valence-electron chi connectivity index (χ2n) is 6.86. The summed E-state index contributed by atoms with van der Waals surface area (Å²) in [5, 5.41) is 3.31. The first kappa shape index (κ1) is 23.0. The second-order valence-corrected chi connectivity index (χ2v) is 6.86. The predicted octanol–water partition coefficient (Wildman–Crippen LogP) is 2.25. The lowest BCUT2D eigenvalue weighted by molar-refractivity contribution is -0.132. The highest BCUT2D eigenvalue weighted by Gasteiger charge is 2.23. The van der Waals surface area contributed by atoms with E-state index in [0.29, 0.717) is 18.4 Å². The summed E-state index contributed by atoms with van der Waals surface area (Å²) in [5.41, 5.74) is 1.31. The fraction of sp³-hybridized carbons (Fsp3) is 0.632. The Morgan fingerprint density at radius 1 is 1.00 bits per heavy atom.